The van der Waals surface area contributed by atoms with E-state index in [0.29, 0.717) is 12.6 Å². The molecule has 1 saturated carbocycles. The van der Waals surface area contributed by atoms with Gasteiger partial charge in [0, 0.05) is 32.2 Å². The maximum atomic E-state index is 11.8. The standard InChI is InChI=1S/C11H19F3N2O/c12-11(13,14)8-17-6-5-16-4-3-15-10(7-16)9-1-2-9/h9-10,15H,1-8H2. The van der Waals surface area contributed by atoms with Gasteiger partial charge < -0.3 is 10.1 Å². The second kappa shape index (κ2) is 5.54. The highest BCUT2D eigenvalue weighted by Crippen LogP contribution is 2.33. The summed E-state index contributed by atoms with van der Waals surface area (Å²) in [5.74, 6) is 0.786. The molecule has 0 aromatic heterocycles. The number of halogens is 3. The molecule has 1 N–H and O–H groups in total. The zero-order valence-corrected chi connectivity index (χ0v) is 9.80. The first-order chi connectivity index (χ1) is 8.04. The van der Waals surface area contributed by atoms with Gasteiger partial charge in [0.2, 0.25) is 0 Å². The van der Waals surface area contributed by atoms with Crippen LogP contribution in [-0.4, -0.2) is 56.5 Å². The van der Waals surface area contributed by atoms with Crippen LogP contribution >= 0.6 is 0 Å². The Bertz CT molecular complexity index is 243. The molecule has 1 saturated heterocycles. The lowest BCUT2D eigenvalue weighted by atomic mass is 10.1. The van der Waals surface area contributed by atoms with Crippen molar-refractivity contribution in [1.29, 1.82) is 0 Å². The minimum atomic E-state index is -4.21. The average molecular weight is 252 g/mol. The van der Waals surface area contributed by atoms with E-state index in [-0.39, 0.29) is 6.61 Å². The van der Waals surface area contributed by atoms with Crippen LogP contribution in [0, 0.1) is 5.92 Å². The fraction of sp³-hybridized carbons (Fsp3) is 1.00. The largest absolute Gasteiger partial charge is 0.411 e. The molecule has 1 aliphatic carbocycles. The van der Waals surface area contributed by atoms with E-state index in [1.807, 2.05) is 0 Å². The third-order valence-corrected chi connectivity index (χ3v) is 3.30. The van der Waals surface area contributed by atoms with Crippen molar-refractivity contribution in [2.75, 3.05) is 39.4 Å². The van der Waals surface area contributed by atoms with Gasteiger partial charge >= 0.3 is 6.18 Å². The lowest BCUT2D eigenvalue weighted by Crippen LogP contribution is -2.52. The van der Waals surface area contributed by atoms with Crippen molar-refractivity contribution in [2.45, 2.75) is 25.1 Å². The Morgan fingerprint density at radius 3 is 2.71 bits per heavy atom. The number of piperazine rings is 1. The molecule has 1 atom stereocenters. The molecular formula is C11H19F3N2O. The molecule has 1 heterocycles. The molecule has 2 aliphatic rings. The lowest BCUT2D eigenvalue weighted by Gasteiger charge is -2.33. The normalized spacial score (nSPS) is 27.4. The molecular weight excluding hydrogens is 233 g/mol. The number of hydrogen-bond donors (Lipinski definition) is 1. The predicted molar refractivity (Wildman–Crippen MR) is 57.8 cm³/mol. The number of alkyl halides is 3. The second-order valence-corrected chi connectivity index (χ2v) is 4.87. The van der Waals surface area contributed by atoms with Gasteiger partial charge in [-0.25, -0.2) is 0 Å². The first kappa shape index (κ1) is 13.1. The first-order valence-corrected chi connectivity index (χ1v) is 6.15. The molecule has 0 aromatic carbocycles. The van der Waals surface area contributed by atoms with Crippen LogP contribution < -0.4 is 5.32 Å². The quantitative estimate of drug-likeness (QED) is 0.745. The zero-order chi connectivity index (χ0) is 12.3. The van der Waals surface area contributed by atoms with Crippen LogP contribution in [0.15, 0.2) is 0 Å². The van der Waals surface area contributed by atoms with E-state index in [1.54, 1.807) is 0 Å². The van der Waals surface area contributed by atoms with Gasteiger partial charge in [-0.3, -0.25) is 4.90 Å². The van der Waals surface area contributed by atoms with Crippen LogP contribution in [0.1, 0.15) is 12.8 Å². The zero-order valence-electron chi connectivity index (χ0n) is 9.80. The van der Waals surface area contributed by atoms with Crippen molar-refractivity contribution in [3.63, 3.8) is 0 Å². The van der Waals surface area contributed by atoms with E-state index in [0.717, 1.165) is 25.6 Å². The third kappa shape index (κ3) is 4.81. The summed E-state index contributed by atoms with van der Waals surface area (Å²) >= 11 is 0. The summed E-state index contributed by atoms with van der Waals surface area (Å²) in [4.78, 5) is 2.19. The Morgan fingerprint density at radius 2 is 2.06 bits per heavy atom. The molecule has 100 valence electrons. The monoisotopic (exact) mass is 252 g/mol. The smallest absolute Gasteiger partial charge is 0.371 e. The molecule has 2 rings (SSSR count). The summed E-state index contributed by atoms with van der Waals surface area (Å²) < 4.78 is 40.2. The van der Waals surface area contributed by atoms with E-state index in [2.05, 4.69) is 15.0 Å². The van der Waals surface area contributed by atoms with Crippen molar-refractivity contribution < 1.29 is 17.9 Å². The summed E-state index contributed by atoms with van der Waals surface area (Å²) in [5, 5.41) is 3.46. The lowest BCUT2D eigenvalue weighted by molar-refractivity contribution is -0.174. The molecule has 0 spiro atoms. The van der Waals surface area contributed by atoms with Gasteiger partial charge in [-0.1, -0.05) is 0 Å². The molecule has 17 heavy (non-hydrogen) atoms. The number of nitrogens with zero attached hydrogens (tertiary/aromatic N) is 1. The van der Waals surface area contributed by atoms with Gasteiger partial charge in [0.15, 0.2) is 0 Å². The van der Waals surface area contributed by atoms with Gasteiger partial charge in [0.05, 0.1) is 6.61 Å². The van der Waals surface area contributed by atoms with E-state index in [9.17, 15) is 13.2 Å². The molecule has 0 amide bonds. The highest BCUT2D eigenvalue weighted by molar-refractivity contribution is 4.91. The van der Waals surface area contributed by atoms with E-state index >= 15 is 0 Å². The Morgan fingerprint density at radius 1 is 1.29 bits per heavy atom. The van der Waals surface area contributed by atoms with Gasteiger partial charge in [0.1, 0.15) is 6.61 Å². The topological polar surface area (TPSA) is 24.5 Å². The fourth-order valence-electron chi connectivity index (χ4n) is 2.24. The summed E-state index contributed by atoms with van der Waals surface area (Å²) in [7, 11) is 0. The molecule has 6 heteroatoms. The van der Waals surface area contributed by atoms with Gasteiger partial charge in [-0.2, -0.15) is 13.2 Å². The molecule has 0 bridgehead atoms. The Balaban J connectivity index is 1.58. The van der Waals surface area contributed by atoms with Crippen LogP contribution in [0.3, 0.4) is 0 Å². The number of nitrogens with one attached hydrogen (secondary N) is 1. The van der Waals surface area contributed by atoms with Crippen molar-refractivity contribution in [2.24, 2.45) is 5.92 Å². The van der Waals surface area contributed by atoms with E-state index in [1.165, 1.54) is 12.8 Å². The molecule has 0 radical (unpaired) electrons. The van der Waals surface area contributed by atoms with Gasteiger partial charge in [-0.05, 0) is 18.8 Å². The number of hydrogen-bond acceptors (Lipinski definition) is 3. The van der Waals surface area contributed by atoms with Crippen molar-refractivity contribution in [1.82, 2.24) is 10.2 Å². The van der Waals surface area contributed by atoms with Crippen molar-refractivity contribution in [3.8, 4) is 0 Å². The SMILES string of the molecule is FC(F)(F)COCCN1CCNC(C2CC2)C1. The summed E-state index contributed by atoms with van der Waals surface area (Å²) in [6.07, 6.45) is -1.63. The third-order valence-electron chi connectivity index (χ3n) is 3.30. The van der Waals surface area contributed by atoms with Gasteiger partial charge in [0.25, 0.3) is 0 Å². The summed E-state index contributed by atoms with van der Waals surface area (Å²) in [6, 6.07) is 0.534. The van der Waals surface area contributed by atoms with Crippen LogP contribution in [0.2, 0.25) is 0 Å². The molecule has 0 aromatic rings. The summed E-state index contributed by atoms with van der Waals surface area (Å²) in [6.45, 7) is 2.40. The Labute approximate surface area is 99.3 Å². The first-order valence-electron chi connectivity index (χ1n) is 6.15. The van der Waals surface area contributed by atoms with Crippen LogP contribution in [0.25, 0.3) is 0 Å². The number of rotatable bonds is 5. The Hall–Kier alpha value is -0.330. The van der Waals surface area contributed by atoms with E-state index < -0.39 is 12.8 Å². The fourth-order valence-corrected chi connectivity index (χ4v) is 2.24. The molecule has 2 fully saturated rings. The summed E-state index contributed by atoms with van der Waals surface area (Å²) in [5.41, 5.74) is 0. The van der Waals surface area contributed by atoms with E-state index in [4.69, 9.17) is 0 Å². The molecule has 1 aliphatic heterocycles. The molecule has 1 unspecified atom stereocenters. The van der Waals surface area contributed by atoms with Crippen LogP contribution in [0.5, 0.6) is 0 Å². The van der Waals surface area contributed by atoms with Crippen LogP contribution in [0.4, 0.5) is 13.2 Å². The average Bonchev–Trinajstić information content (AvgIpc) is 3.07. The van der Waals surface area contributed by atoms with Gasteiger partial charge in [-0.15, -0.1) is 0 Å². The predicted octanol–water partition coefficient (Wildman–Crippen LogP) is 1.25. The highest BCUT2D eigenvalue weighted by Gasteiger charge is 2.34. The second-order valence-electron chi connectivity index (χ2n) is 4.87. The van der Waals surface area contributed by atoms with Crippen molar-refractivity contribution >= 4 is 0 Å². The maximum Gasteiger partial charge on any atom is 0.411 e. The minimum absolute atomic E-state index is 0.164. The maximum absolute atomic E-state index is 11.8. The minimum Gasteiger partial charge on any atom is -0.371 e. The van der Waals surface area contributed by atoms with Crippen molar-refractivity contribution in [3.05, 3.63) is 0 Å². The van der Waals surface area contributed by atoms with Crippen LogP contribution in [-0.2, 0) is 4.74 Å². The number of ether oxygens (including phenoxy) is 1. The Kier molecular flexibility index (Phi) is 4.27. The highest BCUT2D eigenvalue weighted by atomic mass is 19.4. The molecule has 3 nitrogen and oxygen atoms in total.